The zero-order valence-electron chi connectivity index (χ0n) is 6.11. The Balaban J connectivity index is 2.45. The van der Waals surface area contributed by atoms with Crippen LogP contribution in [0.2, 0.25) is 0 Å². The zero-order valence-corrected chi connectivity index (χ0v) is 6.11. The Labute approximate surface area is 56.8 Å². The first kappa shape index (κ1) is 7.03. The quantitative estimate of drug-likeness (QED) is 0.567. The number of nitrogens with one attached hydrogen (secondary N) is 1. The van der Waals surface area contributed by atoms with Gasteiger partial charge in [-0.2, -0.15) is 0 Å². The molecule has 9 heavy (non-hydrogen) atoms. The molecule has 2 heteroatoms. The molecule has 0 aromatic rings. The van der Waals surface area contributed by atoms with Crippen LogP contribution in [0.5, 0.6) is 0 Å². The minimum Gasteiger partial charge on any atom is -0.329 e. The van der Waals surface area contributed by atoms with Crippen molar-refractivity contribution in [2.75, 3.05) is 13.1 Å². The summed E-state index contributed by atoms with van der Waals surface area (Å²) >= 11 is 0. The van der Waals surface area contributed by atoms with Crippen molar-refractivity contribution in [3.63, 3.8) is 0 Å². The summed E-state index contributed by atoms with van der Waals surface area (Å²) in [4.78, 5) is 0. The molecule has 1 aliphatic rings. The second-order valence-corrected chi connectivity index (χ2v) is 2.87. The SMILES string of the molecule is CCC1(CN)CCCN1. The number of nitrogens with two attached hydrogens (primary N) is 1. The molecule has 0 saturated carbocycles. The van der Waals surface area contributed by atoms with Crippen LogP contribution in [0.25, 0.3) is 0 Å². The monoisotopic (exact) mass is 128 g/mol. The zero-order chi connectivity index (χ0) is 6.74. The lowest BCUT2D eigenvalue weighted by Crippen LogP contribution is -2.45. The number of rotatable bonds is 2. The van der Waals surface area contributed by atoms with E-state index >= 15 is 0 Å². The van der Waals surface area contributed by atoms with Gasteiger partial charge in [-0.25, -0.2) is 0 Å². The van der Waals surface area contributed by atoms with Gasteiger partial charge in [-0.3, -0.25) is 0 Å². The molecule has 1 fully saturated rings. The van der Waals surface area contributed by atoms with Crippen molar-refractivity contribution < 1.29 is 0 Å². The predicted octanol–water partition coefficient (Wildman–Crippen LogP) is 0.477. The van der Waals surface area contributed by atoms with E-state index in [9.17, 15) is 0 Å². The van der Waals surface area contributed by atoms with Gasteiger partial charge >= 0.3 is 0 Å². The van der Waals surface area contributed by atoms with Crippen LogP contribution in [0.1, 0.15) is 26.2 Å². The second kappa shape index (κ2) is 2.67. The Hall–Kier alpha value is -0.0800. The van der Waals surface area contributed by atoms with E-state index in [4.69, 9.17) is 5.73 Å². The maximum atomic E-state index is 5.62. The summed E-state index contributed by atoms with van der Waals surface area (Å²) in [6.45, 7) is 4.15. The van der Waals surface area contributed by atoms with E-state index in [2.05, 4.69) is 12.2 Å². The van der Waals surface area contributed by atoms with Gasteiger partial charge < -0.3 is 11.1 Å². The molecule has 0 spiro atoms. The summed E-state index contributed by atoms with van der Waals surface area (Å²) in [6.07, 6.45) is 3.73. The van der Waals surface area contributed by atoms with Crippen LogP contribution >= 0.6 is 0 Å². The van der Waals surface area contributed by atoms with Crippen LogP contribution in [0.4, 0.5) is 0 Å². The van der Waals surface area contributed by atoms with Crippen molar-refractivity contribution in [3.8, 4) is 0 Å². The van der Waals surface area contributed by atoms with Crippen molar-refractivity contribution in [2.45, 2.75) is 31.7 Å². The van der Waals surface area contributed by atoms with Crippen molar-refractivity contribution >= 4 is 0 Å². The highest BCUT2D eigenvalue weighted by molar-refractivity contribution is 4.92. The maximum absolute atomic E-state index is 5.62. The molecule has 1 heterocycles. The van der Waals surface area contributed by atoms with E-state index in [1.54, 1.807) is 0 Å². The minimum absolute atomic E-state index is 0.306. The van der Waals surface area contributed by atoms with Crippen molar-refractivity contribution in [3.05, 3.63) is 0 Å². The highest BCUT2D eigenvalue weighted by atomic mass is 15.0. The lowest BCUT2D eigenvalue weighted by atomic mass is 9.95. The van der Waals surface area contributed by atoms with Gasteiger partial charge in [-0.1, -0.05) is 6.92 Å². The molecule has 54 valence electrons. The molecule has 3 N–H and O–H groups in total. The summed E-state index contributed by atoms with van der Waals surface area (Å²) < 4.78 is 0. The summed E-state index contributed by atoms with van der Waals surface area (Å²) in [7, 11) is 0. The van der Waals surface area contributed by atoms with Crippen molar-refractivity contribution in [1.29, 1.82) is 0 Å². The molecule has 1 saturated heterocycles. The molecule has 0 aromatic heterocycles. The average Bonchev–Trinajstić information content (AvgIpc) is 2.36. The van der Waals surface area contributed by atoms with Crippen LogP contribution in [0, 0.1) is 0 Å². The van der Waals surface area contributed by atoms with Gasteiger partial charge in [0.1, 0.15) is 0 Å². The van der Waals surface area contributed by atoms with Gasteiger partial charge in [0.2, 0.25) is 0 Å². The average molecular weight is 128 g/mol. The van der Waals surface area contributed by atoms with Crippen LogP contribution in [-0.4, -0.2) is 18.6 Å². The maximum Gasteiger partial charge on any atom is 0.0301 e. The summed E-state index contributed by atoms with van der Waals surface area (Å²) in [5.74, 6) is 0. The predicted molar refractivity (Wildman–Crippen MR) is 39.3 cm³/mol. The Morgan fingerprint density at radius 2 is 2.44 bits per heavy atom. The smallest absolute Gasteiger partial charge is 0.0301 e. The van der Waals surface area contributed by atoms with Crippen molar-refractivity contribution in [1.82, 2.24) is 5.32 Å². The second-order valence-electron chi connectivity index (χ2n) is 2.87. The van der Waals surface area contributed by atoms with Gasteiger partial charge in [-0.05, 0) is 25.8 Å². The van der Waals surface area contributed by atoms with Gasteiger partial charge in [-0.15, -0.1) is 0 Å². The molecule has 1 unspecified atom stereocenters. The summed E-state index contributed by atoms with van der Waals surface area (Å²) in [5, 5.41) is 3.44. The number of hydrogen-bond acceptors (Lipinski definition) is 2. The fourth-order valence-electron chi connectivity index (χ4n) is 1.49. The molecule has 0 radical (unpaired) electrons. The first-order chi connectivity index (χ1) is 4.33. The Morgan fingerprint density at radius 1 is 1.67 bits per heavy atom. The first-order valence-electron chi connectivity index (χ1n) is 3.78. The van der Waals surface area contributed by atoms with E-state index in [-0.39, 0.29) is 0 Å². The number of hydrogen-bond donors (Lipinski definition) is 2. The van der Waals surface area contributed by atoms with Gasteiger partial charge in [0.05, 0.1) is 0 Å². The summed E-state index contributed by atoms with van der Waals surface area (Å²) in [6, 6.07) is 0. The largest absolute Gasteiger partial charge is 0.329 e. The molecule has 0 amide bonds. The molecule has 1 rings (SSSR count). The molecule has 2 nitrogen and oxygen atoms in total. The summed E-state index contributed by atoms with van der Waals surface area (Å²) in [5.41, 5.74) is 5.92. The molecule has 1 aliphatic heterocycles. The highest BCUT2D eigenvalue weighted by Crippen LogP contribution is 2.20. The van der Waals surface area contributed by atoms with E-state index in [1.807, 2.05) is 0 Å². The van der Waals surface area contributed by atoms with E-state index in [1.165, 1.54) is 19.3 Å². The third kappa shape index (κ3) is 1.25. The van der Waals surface area contributed by atoms with Gasteiger partial charge in [0.25, 0.3) is 0 Å². The molecule has 1 atom stereocenters. The molecule has 0 bridgehead atoms. The Bertz CT molecular complexity index is 78.9. The third-order valence-electron chi connectivity index (χ3n) is 2.40. The Morgan fingerprint density at radius 3 is 2.67 bits per heavy atom. The minimum atomic E-state index is 0.306. The standard InChI is InChI=1S/C7H16N2/c1-2-7(6-8)4-3-5-9-7/h9H,2-6,8H2,1H3. The topological polar surface area (TPSA) is 38.0 Å². The van der Waals surface area contributed by atoms with Crippen molar-refractivity contribution in [2.24, 2.45) is 5.73 Å². The van der Waals surface area contributed by atoms with Crippen LogP contribution < -0.4 is 11.1 Å². The fourth-order valence-corrected chi connectivity index (χ4v) is 1.49. The molecule has 0 aliphatic carbocycles. The molecular formula is C7H16N2. The van der Waals surface area contributed by atoms with Crippen LogP contribution in [-0.2, 0) is 0 Å². The van der Waals surface area contributed by atoms with E-state index in [0.717, 1.165) is 13.1 Å². The highest BCUT2D eigenvalue weighted by Gasteiger charge is 2.29. The third-order valence-corrected chi connectivity index (χ3v) is 2.40. The van der Waals surface area contributed by atoms with E-state index in [0.29, 0.717) is 5.54 Å². The normalized spacial score (nSPS) is 35.3. The van der Waals surface area contributed by atoms with E-state index < -0.39 is 0 Å². The van der Waals surface area contributed by atoms with Crippen LogP contribution in [0.3, 0.4) is 0 Å². The van der Waals surface area contributed by atoms with Gasteiger partial charge in [0, 0.05) is 12.1 Å². The lowest BCUT2D eigenvalue weighted by molar-refractivity contribution is 0.373. The fraction of sp³-hybridized carbons (Fsp3) is 1.00. The van der Waals surface area contributed by atoms with Crippen LogP contribution in [0.15, 0.2) is 0 Å². The van der Waals surface area contributed by atoms with Gasteiger partial charge in [0.15, 0.2) is 0 Å². The first-order valence-corrected chi connectivity index (χ1v) is 3.78. The molecule has 0 aromatic carbocycles. The molecular weight excluding hydrogens is 112 g/mol. The lowest BCUT2D eigenvalue weighted by Gasteiger charge is -2.25. The Kier molecular flexibility index (Phi) is 2.09.